The zero-order chi connectivity index (χ0) is 33.5. The van der Waals surface area contributed by atoms with Crippen molar-refractivity contribution in [2.45, 2.75) is 19.8 Å². The van der Waals surface area contributed by atoms with Crippen LogP contribution in [0.3, 0.4) is 0 Å². The number of carbonyl (C=O) groups is 2. The van der Waals surface area contributed by atoms with Crippen molar-refractivity contribution in [2.75, 3.05) is 62.7 Å². The topological polar surface area (TPSA) is 170 Å². The first-order chi connectivity index (χ1) is 22.7. The summed E-state index contributed by atoms with van der Waals surface area (Å²) < 4.78 is 0. The van der Waals surface area contributed by atoms with Gasteiger partial charge in [-0.25, -0.2) is 4.99 Å². The molecule has 0 aliphatic carbocycles. The van der Waals surface area contributed by atoms with E-state index in [9.17, 15) is 9.59 Å². The van der Waals surface area contributed by atoms with Gasteiger partial charge >= 0.3 is 0 Å². The third-order valence-electron chi connectivity index (χ3n) is 8.81. The summed E-state index contributed by atoms with van der Waals surface area (Å²) in [4.78, 5) is 40.6. The third kappa shape index (κ3) is 7.75. The van der Waals surface area contributed by atoms with E-state index in [0.29, 0.717) is 73.2 Å². The quantitative estimate of drug-likeness (QED) is 0.151. The molecule has 3 aromatic carbocycles. The molecule has 0 bridgehead atoms. The summed E-state index contributed by atoms with van der Waals surface area (Å²) in [7, 11) is 1.64. The molecule has 2 aliphatic heterocycles. The fraction of sp³-hybridized carbons (Fsp3) is 0.306. The molecule has 0 radical (unpaired) electrons. The molecule has 11 nitrogen and oxygen atoms in total. The lowest BCUT2D eigenvalue weighted by atomic mass is 9.98. The number of anilines is 3. The summed E-state index contributed by atoms with van der Waals surface area (Å²) in [5, 5.41) is 8.74. The first-order valence-electron chi connectivity index (χ1n) is 15.9. The number of nitrogens with one attached hydrogen (secondary N) is 1. The number of hydrogen-bond acceptors (Lipinski definition) is 7. The number of amidine groups is 1. The van der Waals surface area contributed by atoms with Gasteiger partial charge in [0.1, 0.15) is 12.2 Å². The lowest BCUT2D eigenvalue weighted by molar-refractivity contribution is -0.132. The second-order valence-electron chi connectivity index (χ2n) is 11.9. The van der Waals surface area contributed by atoms with Gasteiger partial charge in [0.15, 0.2) is 0 Å². The second kappa shape index (κ2) is 14.9. The van der Waals surface area contributed by atoms with Gasteiger partial charge in [-0.15, -0.1) is 0 Å². The Morgan fingerprint density at radius 1 is 1.02 bits per heavy atom. The molecule has 0 saturated carbocycles. The van der Waals surface area contributed by atoms with Crippen molar-refractivity contribution >= 4 is 52.3 Å². The molecule has 0 spiro atoms. The Morgan fingerprint density at radius 2 is 1.74 bits per heavy atom. The van der Waals surface area contributed by atoms with Gasteiger partial charge in [0.25, 0.3) is 0 Å². The number of nitrogen functional groups attached to an aromatic ring is 2. The van der Waals surface area contributed by atoms with Crippen molar-refractivity contribution in [2.24, 2.45) is 21.6 Å². The number of aliphatic imine (C=N–C) groups is 2. The Kier molecular flexibility index (Phi) is 10.5. The van der Waals surface area contributed by atoms with Crippen LogP contribution in [0.4, 0.5) is 17.1 Å². The number of likely N-dealkylation sites (tertiary alicyclic amines) is 1. The molecule has 0 aromatic heterocycles. The van der Waals surface area contributed by atoms with E-state index in [-0.39, 0.29) is 30.0 Å². The summed E-state index contributed by atoms with van der Waals surface area (Å²) >= 11 is 0. The normalized spacial score (nSPS) is 17.1. The summed E-state index contributed by atoms with van der Waals surface area (Å²) in [6, 6.07) is 20.4. The fourth-order valence-electron chi connectivity index (χ4n) is 6.10. The van der Waals surface area contributed by atoms with Gasteiger partial charge in [-0.05, 0) is 67.8 Å². The van der Waals surface area contributed by atoms with Crippen LogP contribution < -0.4 is 22.1 Å². The van der Waals surface area contributed by atoms with Crippen molar-refractivity contribution in [3.8, 4) is 0 Å². The molecule has 3 aromatic rings. The Bertz CT molecular complexity index is 1710. The van der Waals surface area contributed by atoms with E-state index in [1.807, 2.05) is 48.2 Å². The highest BCUT2D eigenvalue weighted by atomic mass is 16.2. The highest BCUT2D eigenvalue weighted by Crippen LogP contribution is 2.28. The molecule has 5 rings (SSSR count). The first kappa shape index (κ1) is 33.1. The summed E-state index contributed by atoms with van der Waals surface area (Å²) in [5.41, 5.74) is 24.5. The molecular weight excluding hydrogens is 590 g/mol. The number of nitrogens with two attached hydrogens (primary N) is 3. The van der Waals surface area contributed by atoms with E-state index in [4.69, 9.17) is 22.6 Å². The van der Waals surface area contributed by atoms with Crippen LogP contribution in [-0.4, -0.2) is 85.8 Å². The highest BCUT2D eigenvalue weighted by Gasteiger charge is 2.33. The third-order valence-corrected chi connectivity index (χ3v) is 8.81. The van der Waals surface area contributed by atoms with Crippen LogP contribution in [0.2, 0.25) is 0 Å². The van der Waals surface area contributed by atoms with Gasteiger partial charge in [0.05, 0.1) is 18.2 Å². The zero-order valence-electron chi connectivity index (χ0n) is 27.0. The van der Waals surface area contributed by atoms with Crippen LogP contribution in [0.5, 0.6) is 0 Å². The van der Waals surface area contributed by atoms with Crippen molar-refractivity contribution in [1.82, 2.24) is 9.80 Å². The summed E-state index contributed by atoms with van der Waals surface area (Å²) in [6.45, 7) is 5.12. The minimum Gasteiger partial charge on any atom is -0.399 e. The van der Waals surface area contributed by atoms with Crippen molar-refractivity contribution in [3.05, 3.63) is 95.1 Å². The van der Waals surface area contributed by atoms with Crippen LogP contribution in [0.1, 0.15) is 42.0 Å². The van der Waals surface area contributed by atoms with Gasteiger partial charge in [-0.1, -0.05) is 42.5 Å². The summed E-state index contributed by atoms with van der Waals surface area (Å²) in [6.07, 6.45) is 4.99. The van der Waals surface area contributed by atoms with Crippen molar-refractivity contribution in [3.63, 3.8) is 0 Å². The van der Waals surface area contributed by atoms with E-state index in [0.717, 1.165) is 17.5 Å². The van der Waals surface area contributed by atoms with Gasteiger partial charge in [-0.3, -0.25) is 24.9 Å². The maximum atomic E-state index is 13.7. The van der Waals surface area contributed by atoms with Gasteiger partial charge in [0.2, 0.25) is 11.8 Å². The van der Waals surface area contributed by atoms with Gasteiger partial charge in [0, 0.05) is 67.0 Å². The van der Waals surface area contributed by atoms with Gasteiger partial charge < -0.3 is 27.0 Å². The van der Waals surface area contributed by atoms with E-state index in [1.165, 1.54) is 11.9 Å². The smallest absolute Gasteiger partial charge is 0.237 e. The maximum absolute atomic E-state index is 13.7. The second-order valence-corrected chi connectivity index (χ2v) is 11.9. The minimum absolute atomic E-state index is 0.0141. The Balaban J connectivity index is 1.16. The average molecular weight is 634 g/mol. The number of hydrogen-bond donors (Lipinski definition) is 4. The van der Waals surface area contributed by atoms with E-state index < -0.39 is 0 Å². The lowest BCUT2D eigenvalue weighted by Crippen LogP contribution is -2.42. The number of amides is 2. The van der Waals surface area contributed by atoms with Crippen molar-refractivity contribution < 1.29 is 9.59 Å². The molecule has 0 unspecified atom stereocenters. The molecule has 1 atom stereocenters. The van der Waals surface area contributed by atoms with Crippen LogP contribution in [0.25, 0.3) is 5.57 Å². The molecule has 244 valence electrons. The minimum atomic E-state index is -0.218. The van der Waals surface area contributed by atoms with Gasteiger partial charge in [-0.2, -0.15) is 0 Å². The van der Waals surface area contributed by atoms with E-state index >= 15 is 0 Å². The maximum Gasteiger partial charge on any atom is 0.237 e. The van der Waals surface area contributed by atoms with Crippen LogP contribution in [0.15, 0.2) is 82.8 Å². The molecule has 1 fully saturated rings. The number of nitrogens with zero attached hydrogens (tertiary/aromatic N) is 5. The molecule has 1 saturated heterocycles. The number of rotatable bonds is 10. The number of carbonyl (C=O) groups excluding carboxylic acids is 2. The predicted octanol–water partition coefficient (Wildman–Crippen LogP) is 3.62. The molecule has 11 heteroatoms. The zero-order valence-corrected chi connectivity index (χ0v) is 27.0. The number of benzene rings is 3. The SMILES string of the molecule is CCN(C(=O)[C@@H]1CCN(CC(=O)N2CC=C(c3ccc(C(N)=NC=NC)cc3)CC2)C1)c1ccc(N)c(C(=N)c2ccc(N)cc2)c1. The standard InChI is InChI=1S/C36H43N9O2/c1-3-45(30-12-13-32(38)31(20-30)34(39)26-8-10-29(37)11-9-26)36(47)28-14-17-43(21-28)22-33(46)44-18-15-25(16-19-44)24-4-6-27(7-5-24)35(40)42-23-41-2/h4-13,15,20,23,28,39H,3,14,16-19,21-22,37-38H2,1-2H3,(H2,40,41,42)/t28-/m1/s1. The Morgan fingerprint density at radius 3 is 2.40 bits per heavy atom. The molecule has 47 heavy (non-hydrogen) atoms. The Labute approximate surface area is 276 Å². The lowest BCUT2D eigenvalue weighted by Gasteiger charge is -2.29. The molecule has 2 amide bonds. The monoisotopic (exact) mass is 633 g/mol. The first-order valence-corrected chi connectivity index (χ1v) is 15.9. The van der Waals surface area contributed by atoms with Crippen LogP contribution in [0, 0.1) is 11.3 Å². The van der Waals surface area contributed by atoms with Crippen molar-refractivity contribution in [1.29, 1.82) is 5.41 Å². The molecule has 7 N–H and O–H groups in total. The highest BCUT2D eigenvalue weighted by molar-refractivity contribution is 6.14. The van der Waals surface area contributed by atoms with E-state index in [1.54, 1.807) is 42.3 Å². The molecular formula is C36H43N9O2. The molecule has 2 heterocycles. The van der Waals surface area contributed by atoms with Crippen LogP contribution in [-0.2, 0) is 9.59 Å². The molecule has 2 aliphatic rings. The van der Waals surface area contributed by atoms with E-state index in [2.05, 4.69) is 21.0 Å². The summed E-state index contributed by atoms with van der Waals surface area (Å²) in [5.74, 6) is 0.280. The predicted molar refractivity (Wildman–Crippen MR) is 191 cm³/mol. The fourth-order valence-corrected chi connectivity index (χ4v) is 6.10. The average Bonchev–Trinajstić information content (AvgIpc) is 3.56. The largest absolute Gasteiger partial charge is 0.399 e. The van der Waals surface area contributed by atoms with Crippen LogP contribution >= 0.6 is 0 Å². The Hall–Kier alpha value is -5.29.